The van der Waals surface area contributed by atoms with E-state index in [9.17, 15) is 18.0 Å². The summed E-state index contributed by atoms with van der Waals surface area (Å²) >= 11 is 0. The number of nitrogens with one attached hydrogen (secondary N) is 1. The molecule has 3 rings (SSSR count). The molecule has 0 spiro atoms. The maximum absolute atomic E-state index is 13.4. The topological polar surface area (TPSA) is 51.7 Å². The van der Waals surface area contributed by atoms with Gasteiger partial charge in [-0.15, -0.1) is 0 Å². The average molecular weight is 464 g/mol. The molecule has 180 valence electrons. The third-order valence-corrected chi connectivity index (χ3v) is 5.94. The van der Waals surface area contributed by atoms with Gasteiger partial charge in [0.05, 0.1) is 24.3 Å². The van der Waals surface area contributed by atoms with E-state index >= 15 is 0 Å². The monoisotopic (exact) mass is 463 g/mol. The molecule has 0 radical (unpaired) electrons. The fourth-order valence-electron chi connectivity index (χ4n) is 3.97. The number of alkyl halides is 3. The van der Waals surface area contributed by atoms with Crippen LogP contribution in [0.5, 0.6) is 0 Å². The first-order valence-electron chi connectivity index (χ1n) is 11.2. The molecule has 2 aromatic rings. The number of fused-ring (bicyclic) bond motifs is 1. The largest absolute Gasteiger partial charge is 0.418 e. The predicted octanol–water partition coefficient (Wildman–Crippen LogP) is 3.48. The van der Waals surface area contributed by atoms with Crippen LogP contribution < -0.4 is 5.32 Å². The number of amides is 1. The third kappa shape index (κ3) is 6.68. The van der Waals surface area contributed by atoms with Crippen LogP contribution >= 0.6 is 0 Å². The summed E-state index contributed by atoms with van der Waals surface area (Å²) in [5.41, 5.74) is 2.40. The van der Waals surface area contributed by atoms with Crippen molar-refractivity contribution in [3.8, 4) is 0 Å². The number of rotatable bonds is 9. The van der Waals surface area contributed by atoms with Crippen LogP contribution in [0.3, 0.4) is 0 Å². The van der Waals surface area contributed by atoms with E-state index in [2.05, 4.69) is 28.2 Å². The van der Waals surface area contributed by atoms with Gasteiger partial charge in [0.25, 0.3) is 0 Å². The minimum atomic E-state index is -4.52. The second kappa shape index (κ2) is 11.0. The number of anilines is 1. The van der Waals surface area contributed by atoms with Gasteiger partial charge in [0.2, 0.25) is 5.91 Å². The van der Waals surface area contributed by atoms with Crippen LogP contribution in [0.25, 0.3) is 0 Å². The number of carbonyl (C=O) groups is 1. The van der Waals surface area contributed by atoms with Crippen LogP contribution in [0.4, 0.5) is 18.9 Å². The number of carbonyl (C=O) groups excluding carboxylic acids is 1. The number of nitrogens with zero attached hydrogens (tertiary/aromatic N) is 4. The Balaban J connectivity index is 1.75. The lowest BCUT2D eigenvalue weighted by Crippen LogP contribution is -2.40. The highest BCUT2D eigenvalue weighted by atomic mass is 19.4. The summed E-state index contributed by atoms with van der Waals surface area (Å²) in [6.45, 7) is 5.55. The van der Waals surface area contributed by atoms with Crippen molar-refractivity contribution < 1.29 is 18.0 Å². The number of benzene rings is 1. The number of halogens is 3. The number of aromatic nitrogens is 1. The normalized spacial score (nSPS) is 14.3. The van der Waals surface area contributed by atoms with Crippen molar-refractivity contribution in [2.75, 3.05) is 52.1 Å². The Morgan fingerprint density at radius 2 is 1.97 bits per heavy atom. The molecule has 0 fully saturated rings. The van der Waals surface area contributed by atoms with Crippen molar-refractivity contribution in [1.82, 2.24) is 19.7 Å². The quantitative estimate of drug-likeness (QED) is 0.617. The van der Waals surface area contributed by atoms with Gasteiger partial charge >= 0.3 is 6.18 Å². The summed E-state index contributed by atoms with van der Waals surface area (Å²) < 4.78 is 40.3. The van der Waals surface area contributed by atoms with Gasteiger partial charge in [-0.05, 0) is 56.4 Å². The van der Waals surface area contributed by atoms with Crippen LogP contribution in [-0.2, 0) is 30.5 Å². The summed E-state index contributed by atoms with van der Waals surface area (Å²) in [5.74, 6) is -0.267. The minimum absolute atomic E-state index is 0.00416. The van der Waals surface area contributed by atoms with E-state index < -0.39 is 11.7 Å². The number of hydrogen-bond donors (Lipinski definition) is 1. The SMILES string of the molecule is CCN1CCc2cccc(NCC(=O)N(CCN(C)C)Cc3ncccc3C(F)(F)F)c2C1. The standard InChI is InChI=1S/C24H32F3N5O/c1-4-31-12-10-18-7-5-9-21(19(18)16-31)29-15-23(33)32(14-13-30(2)3)17-22-20(24(25,26)27)8-6-11-28-22/h5-9,11,29H,4,10,12-17H2,1-3H3. The van der Waals surface area contributed by atoms with Crippen LogP contribution in [0, 0.1) is 0 Å². The highest BCUT2D eigenvalue weighted by molar-refractivity contribution is 5.81. The fourth-order valence-corrected chi connectivity index (χ4v) is 3.97. The van der Waals surface area contributed by atoms with Gasteiger partial charge in [-0.2, -0.15) is 13.2 Å². The molecular weight excluding hydrogens is 431 g/mol. The first-order chi connectivity index (χ1) is 15.7. The molecular formula is C24H32F3N5O. The van der Waals surface area contributed by atoms with Gasteiger partial charge in [-0.1, -0.05) is 19.1 Å². The van der Waals surface area contributed by atoms with E-state index in [0.29, 0.717) is 13.1 Å². The molecule has 1 aromatic heterocycles. The Morgan fingerprint density at radius 1 is 1.18 bits per heavy atom. The summed E-state index contributed by atoms with van der Waals surface area (Å²) in [5, 5.41) is 3.24. The molecule has 2 heterocycles. The Hall–Kier alpha value is -2.65. The molecule has 1 N–H and O–H groups in total. The zero-order valence-corrected chi connectivity index (χ0v) is 19.5. The second-order valence-corrected chi connectivity index (χ2v) is 8.53. The third-order valence-electron chi connectivity index (χ3n) is 5.94. The summed E-state index contributed by atoms with van der Waals surface area (Å²) in [4.78, 5) is 22.7. The van der Waals surface area contributed by atoms with Gasteiger partial charge in [0.1, 0.15) is 0 Å². The lowest BCUT2D eigenvalue weighted by molar-refractivity contribution is -0.140. The summed E-state index contributed by atoms with van der Waals surface area (Å²) in [6, 6.07) is 8.30. The zero-order chi connectivity index (χ0) is 24.0. The van der Waals surface area contributed by atoms with Crippen molar-refractivity contribution in [3.05, 3.63) is 58.9 Å². The van der Waals surface area contributed by atoms with E-state index in [0.717, 1.165) is 37.8 Å². The zero-order valence-electron chi connectivity index (χ0n) is 19.5. The van der Waals surface area contributed by atoms with Crippen molar-refractivity contribution in [1.29, 1.82) is 0 Å². The van der Waals surface area contributed by atoms with Gasteiger partial charge in [0, 0.05) is 38.1 Å². The first kappa shape index (κ1) is 25.0. The van der Waals surface area contributed by atoms with E-state index in [-0.39, 0.29) is 24.7 Å². The van der Waals surface area contributed by atoms with Crippen molar-refractivity contribution in [2.24, 2.45) is 0 Å². The Kier molecular flexibility index (Phi) is 8.31. The second-order valence-electron chi connectivity index (χ2n) is 8.53. The summed E-state index contributed by atoms with van der Waals surface area (Å²) in [6.07, 6.45) is -2.24. The molecule has 0 saturated heterocycles. The van der Waals surface area contributed by atoms with Crippen LogP contribution in [-0.4, -0.2) is 72.4 Å². The fraction of sp³-hybridized carbons (Fsp3) is 0.500. The smallest absolute Gasteiger partial charge is 0.376 e. The molecule has 9 heteroatoms. The Morgan fingerprint density at radius 3 is 2.67 bits per heavy atom. The van der Waals surface area contributed by atoms with Crippen LogP contribution in [0.2, 0.25) is 0 Å². The average Bonchev–Trinajstić information content (AvgIpc) is 2.79. The summed E-state index contributed by atoms with van der Waals surface area (Å²) in [7, 11) is 3.72. The molecule has 0 aliphatic carbocycles. The molecule has 0 bridgehead atoms. The van der Waals surface area contributed by atoms with Gasteiger partial charge < -0.3 is 15.1 Å². The predicted molar refractivity (Wildman–Crippen MR) is 123 cm³/mol. The van der Waals surface area contributed by atoms with Gasteiger partial charge in [-0.3, -0.25) is 14.7 Å². The molecule has 0 saturated carbocycles. The number of likely N-dealkylation sites (N-methyl/N-ethyl adjacent to an activating group) is 2. The molecule has 0 unspecified atom stereocenters. The van der Waals surface area contributed by atoms with E-state index in [1.54, 1.807) is 0 Å². The molecule has 1 aliphatic heterocycles. The molecule has 1 aliphatic rings. The number of hydrogen-bond acceptors (Lipinski definition) is 5. The highest BCUT2D eigenvalue weighted by Gasteiger charge is 2.34. The van der Waals surface area contributed by atoms with Gasteiger partial charge in [0.15, 0.2) is 0 Å². The minimum Gasteiger partial charge on any atom is -0.376 e. The van der Waals surface area contributed by atoms with E-state index in [1.807, 2.05) is 31.1 Å². The van der Waals surface area contributed by atoms with Crippen molar-refractivity contribution >= 4 is 11.6 Å². The first-order valence-corrected chi connectivity index (χ1v) is 11.2. The Labute approximate surface area is 193 Å². The maximum atomic E-state index is 13.4. The highest BCUT2D eigenvalue weighted by Crippen LogP contribution is 2.31. The van der Waals surface area contributed by atoms with Crippen molar-refractivity contribution in [2.45, 2.75) is 32.6 Å². The van der Waals surface area contributed by atoms with E-state index in [4.69, 9.17) is 0 Å². The van der Waals surface area contributed by atoms with Crippen LogP contribution in [0.1, 0.15) is 29.3 Å². The van der Waals surface area contributed by atoms with Crippen LogP contribution in [0.15, 0.2) is 36.5 Å². The molecule has 1 amide bonds. The van der Waals surface area contributed by atoms with Crippen molar-refractivity contribution in [3.63, 3.8) is 0 Å². The molecule has 33 heavy (non-hydrogen) atoms. The molecule has 6 nitrogen and oxygen atoms in total. The number of pyridine rings is 1. The lowest BCUT2D eigenvalue weighted by Gasteiger charge is -2.30. The van der Waals surface area contributed by atoms with Gasteiger partial charge in [-0.25, -0.2) is 0 Å². The van der Waals surface area contributed by atoms with E-state index in [1.165, 1.54) is 28.3 Å². The Bertz CT molecular complexity index is 948. The molecule has 1 aromatic carbocycles. The molecule has 0 atom stereocenters. The lowest BCUT2D eigenvalue weighted by atomic mass is 9.98. The maximum Gasteiger partial charge on any atom is 0.418 e.